The lowest BCUT2D eigenvalue weighted by Gasteiger charge is -2.18. The fourth-order valence-electron chi connectivity index (χ4n) is 1.93. The molecule has 0 spiro atoms. The van der Waals surface area contributed by atoms with Crippen LogP contribution < -0.4 is 5.32 Å². The summed E-state index contributed by atoms with van der Waals surface area (Å²) in [5, 5.41) is 7.29. The second-order valence-corrected chi connectivity index (χ2v) is 4.18. The smallest absolute Gasteiger partial charge is 0.243 e. The third-order valence-electron chi connectivity index (χ3n) is 2.86. The molecule has 2 atom stereocenters. The van der Waals surface area contributed by atoms with Gasteiger partial charge in [-0.1, -0.05) is 12.1 Å². The Balaban J connectivity index is 2.00. The van der Waals surface area contributed by atoms with Gasteiger partial charge in [0.05, 0.1) is 12.6 Å². The van der Waals surface area contributed by atoms with E-state index in [9.17, 15) is 0 Å². The van der Waals surface area contributed by atoms with Crippen LogP contribution >= 0.6 is 0 Å². The molecular formula is C11H19N3O2. The molecule has 0 aromatic carbocycles. The van der Waals surface area contributed by atoms with E-state index in [-0.39, 0.29) is 6.04 Å². The van der Waals surface area contributed by atoms with Crippen LogP contribution in [0.5, 0.6) is 0 Å². The molecule has 5 nitrogen and oxygen atoms in total. The summed E-state index contributed by atoms with van der Waals surface area (Å²) in [6, 6.07) is 0.121. The Morgan fingerprint density at radius 1 is 1.56 bits per heavy atom. The number of aromatic nitrogens is 2. The van der Waals surface area contributed by atoms with Gasteiger partial charge < -0.3 is 14.6 Å². The molecule has 2 rings (SSSR count). The van der Waals surface area contributed by atoms with Gasteiger partial charge >= 0.3 is 0 Å². The van der Waals surface area contributed by atoms with Gasteiger partial charge in [-0.25, -0.2) is 0 Å². The molecule has 0 radical (unpaired) electrons. The molecular weight excluding hydrogens is 206 g/mol. The van der Waals surface area contributed by atoms with Crippen LogP contribution in [0.1, 0.15) is 50.4 Å². The topological polar surface area (TPSA) is 60.2 Å². The van der Waals surface area contributed by atoms with Crippen LogP contribution in [0.2, 0.25) is 0 Å². The molecule has 1 aliphatic rings. The molecule has 0 aliphatic carbocycles. The van der Waals surface area contributed by atoms with Gasteiger partial charge in [-0.3, -0.25) is 0 Å². The van der Waals surface area contributed by atoms with E-state index in [2.05, 4.69) is 22.4 Å². The first-order valence-electron chi connectivity index (χ1n) is 5.96. The molecule has 1 fully saturated rings. The van der Waals surface area contributed by atoms with Gasteiger partial charge in [0.25, 0.3) is 0 Å². The summed E-state index contributed by atoms with van der Waals surface area (Å²) in [4.78, 5) is 4.43. The Labute approximate surface area is 95.6 Å². The molecule has 0 saturated carbocycles. The van der Waals surface area contributed by atoms with E-state index in [0.29, 0.717) is 18.4 Å². The van der Waals surface area contributed by atoms with E-state index in [4.69, 9.17) is 9.26 Å². The third-order valence-corrected chi connectivity index (χ3v) is 2.86. The van der Waals surface area contributed by atoms with E-state index in [1.165, 1.54) is 0 Å². The molecule has 1 saturated heterocycles. The van der Waals surface area contributed by atoms with Crippen molar-refractivity contribution in [3.05, 3.63) is 11.7 Å². The average molecular weight is 225 g/mol. The number of ether oxygens (including phenoxy) is 1. The van der Waals surface area contributed by atoms with E-state index in [1.54, 1.807) is 0 Å². The Morgan fingerprint density at radius 2 is 2.44 bits per heavy atom. The zero-order valence-corrected chi connectivity index (χ0v) is 9.90. The van der Waals surface area contributed by atoms with Gasteiger partial charge in [-0.15, -0.1) is 0 Å². The van der Waals surface area contributed by atoms with Gasteiger partial charge in [0.15, 0.2) is 5.82 Å². The van der Waals surface area contributed by atoms with E-state index < -0.39 is 0 Å². The van der Waals surface area contributed by atoms with Crippen LogP contribution in [0.15, 0.2) is 4.52 Å². The Bertz CT molecular complexity index is 321. The minimum Gasteiger partial charge on any atom is -0.381 e. The van der Waals surface area contributed by atoms with Crippen molar-refractivity contribution in [2.45, 2.75) is 38.6 Å². The summed E-state index contributed by atoms with van der Waals surface area (Å²) < 4.78 is 10.7. The molecule has 0 amide bonds. The van der Waals surface area contributed by atoms with Crippen LogP contribution in [-0.2, 0) is 4.74 Å². The third kappa shape index (κ3) is 2.59. The summed E-state index contributed by atoms with van der Waals surface area (Å²) in [5.74, 6) is 1.77. The highest BCUT2D eigenvalue weighted by Crippen LogP contribution is 2.23. The molecule has 1 aromatic rings. The lowest BCUT2D eigenvalue weighted by molar-refractivity contribution is 0.0773. The monoisotopic (exact) mass is 225 g/mol. The standard InChI is InChI=1S/C11H19N3O2/c1-3-12-8(2)11-13-10(14-16-11)9-5-4-6-15-7-9/h8-9,12H,3-7H2,1-2H3. The van der Waals surface area contributed by atoms with Crippen LogP contribution in [0, 0.1) is 0 Å². The number of nitrogens with one attached hydrogen (secondary N) is 1. The van der Waals surface area contributed by atoms with E-state index in [1.807, 2.05) is 6.92 Å². The molecule has 16 heavy (non-hydrogen) atoms. The van der Waals surface area contributed by atoms with Crippen molar-refractivity contribution in [2.24, 2.45) is 0 Å². The minimum absolute atomic E-state index is 0.121. The Hall–Kier alpha value is -0.940. The van der Waals surface area contributed by atoms with Crippen LogP contribution in [0.25, 0.3) is 0 Å². The Kier molecular flexibility index (Phi) is 3.90. The van der Waals surface area contributed by atoms with Gasteiger partial charge in [0.2, 0.25) is 5.89 Å². The predicted octanol–water partition coefficient (Wildman–Crippen LogP) is 1.63. The highest BCUT2D eigenvalue weighted by Gasteiger charge is 2.22. The van der Waals surface area contributed by atoms with Gasteiger partial charge in [0, 0.05) is 12.5 Å². The van der Waals surface area contributed by atoms with Crippen molar-refractivity contribution in [1.82, 2.24) is 15.5 Å². The fraction of sp³-hybridized carbons (Fsp3) is 0.818. The lowest BCUT2D eigenvalue weighted by atomic mass is 10.0. The summed E-state index contributed by atoms with van der Waals surface area (Å²) in [5.41, 5.74) is 0. The summed E-state index contributed by atoms with van der Waals surface area (Å²) in [6.07, 6.45) is 2.17. The molecule has 1 aromatic heterocycles. The van der Waals surface area contributed by atoms with Crippen molar-refractivity contribution in [1.29, 1.82) is 0 Å². The molecule has 2 heterocycles. The first-order valence-corrected chi connectivity index (χ1v) is 5.96. The van der Waals surface area contributed by atoms with Crippen molar-refractivity contribution in [3.8, 4) is 0 Å². The minimum atomic E-state index is 0.121. The van der Waals surface area contributed by atoms with Gasteiger partial charge in [-0.05, 0) is 26.3 Å². The predicted molar refractivity (Wildman–Crippen MR) is 59.2 cm³/mol. The first kappa shape index (κ1) is 11.5. The highest BCUT2D eigenvalue weighted by atomic mass is 16.5. The highest BCUT2D eigenvalue weighted by molar-refractivity contribution is 4.98. The fourth-order valence-corrected chi connectivity index (χ4v) is 1.93. The zero-order valence-electron chi connectivity index (χ0n) is 9.90. The van der Waals surface area contributed by atoms with E-state index >= 15 is 0 Å². The first-order chi connectivity index (χ1) is 7.81. The van der Waals surface area contributed by atoms with Crippen molar-refractivity contribution < 1.29 is 9.26 Å². The van der Waals surface area contributed by atoms with Crippen molar-refractivity contribution in [2.75, 3.05) is 19.8 Å². The summed E-state index contributed by atoms with van der Waals surface area (Å²) in [6.45, 7) is 6.55. The molecule has 2 unspecified atom stereocenters. The maximum absolute atomic E-state index is 5.42. The molecule has 1 aliphatic heterocycles. The molecule has 0 bridgehead atoms. The maximum atomic E-state index is 5.42. The van der Waals surface area contributed by atoms with E-state index in [0.717, 1.165) is 31.8 Å². The largest absolute Gasteiger partial charge is 0.381 e. The van der Waals surface area contributed by atoms with Gasteiger partial charge in [-0.2, -0.15) is 4.98 Å². The van der Waals surface area contributed by atoms with Crippen molar-refractivity contribution >= 4 is 0 Å². The number of rotatable bonds is 4. The molecule has 5 heteroatoms. The summed E-state index contributed by atoms with van der Waals surface area (Å²) >= 11 is 0. The molecule has 90 valence electrons. The quantitative estimate of drug-likeness (QED) is 0.844. The molecule has 1 N–H and O–H groups in total. The number of hydrogen-bond acceptors (Lipinski definition) is 5. The average Bonchev–Trinajstić information content (AvgIpc) is 2.80. The normalized spacial score (nSPS) is 23.2. The second kappa shape index (κ2) is 5.41. The second-order valence-electron chi connectivity index (χ2n) is 4.18. The van der Waals surface area contributed by atoms with Gasteiger partial charge in [0.1, 0.15) is 0 Å². The van der Waals surface area contributed by atoms with Crippen LogP contribution in [0.4, 0.5) is 0 Å². The number of nitrogens with zero attached hydrogens (tertiary/aromatic N) is 2. The van der Waals surface area contributed by atoms with Crippen molar-refractivity contribution in [3.63, 3.8) is 0 Å². The van der Waals surface area contributed by atoms with Crippen LogP contribution in [0.3, 0.4) is 0 Å². The summed E-state index contributed by atoms with van der Waals surface area (Å²) in [7, 11) is 0. The number of hydrogen-bond donors (Lipinski definition) is 1. The maximum Gasteiger partial charge on any atom is 0.243 e. The Morgan fingerprint density at radius 3 is 3.12 bits per heavy atom. The SMILES string of the molecule is CCNC(C)c1nc(C2CCCOC2)no1. The van der Waals surface area contributed by atoms with Crippen LogP contribution in [-0.4, -0.2) is 29.9 Å². The zero-order chi connectivity index (χ0) is 11.4. The lowest BCUT2D eigenvalue weighted by Crippen LogP contribution is -2.19.